The molecular formula is C17H18N4O5. The molecule has 0 bridgehead atoms. The summed E-state index contributed by atoms with van der Waals surface area (Å²) in [6, 6.07) is 12.5. The van der Waals surface area contributed by atoms with E-state index in [0.29, 0.717) is 12.1 Å². The second-order valence-corrected chi connectivity index (χ2v) is 5.60. The molecule has 0 amide bonds. The number of benzene rings is 2. The zero-order valence-electron chi connectivity index (χ0n) is 14.0. The highest BCUT2D eigenvalue weighted by molar-refractivity contribution is 6.02. The summed E-state index contributed by atoms with van der Waals surface area (Å²) in [4.78, 5) is 20.6. The van der Waals surface area contributed by atoms with Crippen molar-refractivity contribution in [1.82, 2.24) is 0 Å². The molecule has 0 saturated heterocycles. The summed E-state index contributed by atoms with van der Waals surface area (Å²) in [5.74, 6) is -0.105. The summed E-state index contributed by atoms with van der Waals surface area (Å²) in [6.07, 6.45) is 0.470. The van der Waals surface area contributed by atoms with Crippen molar-refractivity contribution in [2.24, 2.45) is 11.0 Å². The summed E-state index contributed by atoms with van der Waals surface area (Å²) >= 11 is 0. The first-order valence-corrected chi connectivity index (χ1v) is 7.86. The van der Waals surface area contributed by atoms with Crippen LogP contribution in [0.3, 0.4) is 0 Å². The third-order valence-corrected chi connectivity index (χ3v) is 3.78. The Morgan fingerprint density at radius 1 is 1.15 bits per heavy atom. The molecule has 2 aromatic rings. The minimum atomic E-state index is -0.704. The summed E-state index contributed by atoms with van der Waals surface area (Å²) < 4.78 is 0. The summed E-state index contributed by atoms with van der Waals surface area (Å²) in [5.41, 5.74) is 3.30. The number of nitrogens with one attached hydrogen (secondary N) is 1. The van der Waals surface area contributed by atoms with Crippen molar-refractivity contribution in [1.29, 1.82) is 0 Å². The van der Waals surface area contributed by atoms with Crippen LogP contribution in [0.15, 0.2) is 53.6 Å². The number of hydrogen-bond acceptors (Lipinski definition) is 7. The summed E-state index contributed by atoms with van der Waals surface area (Å²) in [6.45, 7) is 1.86. The van der Waals surface area contributed by atoms with E-state index in [1.165, 1.54) is 12.1 Å². The average molecular weight is 358 g/mol. The standard InChI is InChI=1S/C17H18N4O5/c1-12(9-10-22)17(13-5-3-2-4-6-13)19-18-15-8-7-14(20(23)24)11-16(15)21(25)26/h2-8,11-12,18,22H,9-10H2,1H3/b19-17+. The first kappa shape index (κ1) is 19.0. The lowest BCUT2D eigenvalue weighted by atomic mass is 9.96. The van der Waals surface area contributed by atoms with Gasteiger partial charge in [-0.05, 0) is 18.1 Å². The smallest absolute Gasteiger partial charge is 0.301 e. The van der Waals surface area contributed by atoms with Gasteiger partial charge in [-0.2, -0.15) is 5.10 Å². The highest BCUT2D eigenvalue weighted by atomic mass is 16.6. The van der Waals surface area contributed by atoms with E-state index in [-0.39, 0.29) is 23.9 Å². The predicted molar refractivity (Wildman–Crippen MR) is 97.2 cm³/mol. The molecule has 2 aromatic carbocycles. The van der Waals surface area contributed by atoms with Crippen molar-refractivity contribution < 1.29 is 15.0 Å². The highest BCUT2D eigenvalue weighted by Gasteiger charge is 2.20. The number of anilines is 1. The Hall–Kier alpha value is -3.33. The van der Waals surface area contributed by atoms with Crippen LogP contribution in [0.25, 0.3) is 0 Å². The van der Waals surface area contributed by atoms with Gasteiger partial charge in [0, 0.05) is 18.6 Å². The Morgan fingerprint density at radius 2 is 1.85 bits per heavy atom. The van der Waals surface area contributed by atoms with Crippen LogP contribution in [0.5, 0.6) is 0 Å². The van der Waals surface area contributed by atoms with Gasteiger partial charge in [0.15, 0.2) is 0 Å². The van der Waals surface area contributed by atoms with E-state index in [1.54, 1.807) is 0 Å². The van der Waals surface area contributed by atoms with E-state index >= 15 is 0 Å². The van der Waals surface area contributed by atoms with Crippen molar-refractivity contribution in [2.75, 3.05) is 12.0 Å². The summed E-state index contributed by atoms with van der Waals surface area (Å²) in [7, 11) is 0. The van der Waals surface area contributed by atoms with Gasteiger partial charge in [-0.15, -0.1) is 0 Å². The lowest BCUT2D eigenvalue weighted by Crippen LogP contribution is -2.16. The molecule has 9 heteroatoms. The highest BCUT2D eigenvalue weighted by Crippen LogP contribution is 2.29. The van der Waals surface area contributed by atoms with Crippen LogP contribution in [0.1, 0.15) is 18.9 Å². The Labute approximate surface area is 149 Å². The van der Waals surface area contributed by atoms with Gasteiger partial charge in [0.2, 0.25) is 0 Å². The van der Waals surface area contributed by atoms with Crippen LogP contribution < -0.4 is 5.43 Å². The lowest BCUT2D eigenvalue weighted by Gasteiger charge is -2.14. The van der Waals surface area contributed by atoms with Crippen molar-refractivity contribution in [3.05, 3.63) is 74.3 Å². The molecule has 0 spiro atoms. The second-order valence-electron chi connectivity index (χ2n) is 5.60. The number of rotatable bonds is 8. The number of nitro groups is 2. The average Bonchev–Trinajstić information content (AvgIpc) is 2.62. The van der Waals surface area contributed by atoms with Crippen LogP contribution in [-0.4, -0.2) is 27.3 Å². The zero-order valence-corrected chi connectivity index (χ0v) is 14.0. The third kappa shape index (κ3) is 4.61. The Morgan fingerprint density at radius 3 is 2.42 bits per heavy atom. The number of hydrogen-bond donors (Lipinski definition) is 2. The van der Waals surface area contributed by atoms with Gasteiger partial charge >= 0.3 is 5.69 Å². The number of nitro benzene ring substituents is 2. The topological polar surface area (TPSA) is 131 Å². The molecule has 0 fully saturated rings. The van der Waals surface area contributed by atoms with E-state index in [9.17, 15) is 25.3 Å². The molecule has 136 valence electrons. The van der Waals surface area contributed by atoms with Gasteiger partial charge in [0.05, 0.1) is 21.6 Å². The van der Waals surface area contributed by atoms with E-state index in [0.717, 1.165) is 11.6 Å². The third-order valence-electron chi connectivity index (χ3n) is 3.78. The number of non-ortho nitro benzene ring substituents is 1. The maximum Gasteiger partial charge on any atom is 0.301 e. The maximum absolute atomic E-state index is 11.2. The maximum atomic E-state index is 11.2. The van der Waals surface area contributed by atoms with Crippen molar-refractivity contribution in [3.63, 3.8) is 0 Å². The monoisotopic (exact) mass is 358 g/mol. The minimum absolute atomic E-state index is 0.0231. The Bertz CT molecular complexity index is 823. The molecule has 0 aliphatic carbocycles. The number of aliphatic hydroxyl groups excluding tert-OH is 1. The molecule has 0 saturated carbocycles. The van der Waals surface area contributed by atoms with Crippen LogP contribution in [0, 0.1) is 26.1 Å². The first-order chi connectivity index (χ1) is 12.4. The number of hydrazone groups is 1. The fourth-order valence-corrected chi connectivity index (χ4v) is 2.40. The predicted octanol–water partition coefficient (Wildman–Crippen LogP) is 3.34. The quantitative estimate of drug-likeness (QED) is 0.423. The van der Waals surface area contributed by atoms with E-state index in [1.807, 2.05) is 37.3 Å². The number of aliphatic hydroxyl groups is 1. The van der Waals surface area contributed by atoms with Gasteiger partial charge in [0.1, 0.15) is 5.69 Å². The molecule has 0 aliphatic heterocycles. The first-order valence-electron chi connectivity index (χ1n) is 7.86. The molecule has 0 aliphatic rings. The van der Waals surface area contributed by atoms with Crippen LogP contribution in [-0.2, 0) is 0 Å². The minimum Gasteiger partial charge on any atom is -0.396 e. The lowest BCUT2D eigenvalue weighted by molar-refractivity contribution is -0.393. The van der Waals surface area contributed by atoms with Crippen molar-refractivity contribution in [2.45, 2.75) is 13.3 Å². The van der Waals surface area contributed by atoms with Gasteiger partial charge in [-0.25, -0.2) is 0 Å². The Balaban J connectivity index is 2.40. The van der Waals surface area contributed by atoms with Gasteiger partial charge in [-0.3, -0.25) is 25.7 Å². The second kappa shape index (κ2) is 8.67. The molecule has 0 aromatic heterocycles. The van der Waals surface area contributed by atoms with E-state index < -0.39 is 15.5 Å². The van der Waals surface area contributed by atoms with Gasteiger partial charge in [0.25, 0.3) is 5.69 Å². The molecule has 9 nitrogen and oxygen atoms in total. The van der Waals surface area contributed by atoms with Crippen LogP contribution in [0.4, 0.5) is 17.1 Å². The molecule has 1 unspecified atom stereocenters. The SMILES string of the molecule is CC(CCO)/C(=N\Nc1ccc([N+](=O)[O-])cc1[N+](=O)[O-])c1ccccc1. The molecule has 2 N–H and O–H groups in total. The Kier molecular flexibility index (Phi) is 6.34. The van der Waals surface area contributed by atoms with Crippen molar-refractivity contribution >= 4 is 22.8 Å². The van der Waals surface area contributed by atoms with Crippen LogP contribution >= 0.6 is 0 Å². The summed E-state index contributed by atoms with van der Waals surface area (Å²) in [5, 5.41) is 35.5. The molecule has 26 heavy (non-hydrogen) atoms. The van der Waals surface area contributed by atoms with E-state index in [4.69, 9.17) is 0 Å². The largest absolute Gasteiger partial charge is 0.396 e. The molecule has 2 rings (SSSR count). The number of nitrogens with zero attached hydrogens (tertiary/aromatic N) is 3. The zero-order chi connectivity index (χ0) is 19.1. The van der Waals surface area contributed by atoms with Crippen molar-refractivity contribution in [3.8, 4) is 0 Å². The molecule has 0 heterocycles. The molecule has 0 radical (unpaired) electrons. The van der Waals surface area contributed by atoms with Gasteiger partial charge < -0.3 is 5.11 Å². The molecular weight excluding hydrogens is 340 g/mol. The fraction of sp³-hybridized carbons (Fsp3) is 0.235. The van der Waals surface area contributed by atoms with Gasteiger partial charge in [-0.1, -0.05) is 37.3 Å². The normalized spacial score (nSPS) is 12.5. The van der Waals surface area contributed by atoms with E-state index in [2.05, 4.69) is 10.5 Å². The fourth-order valence-electron chi connectivity index (χ4n) is 2.40. The molecule has 1 atom stereocenters. The van der Waals surface area contributed by atoms with Crippen LogP contribution in [0.2, 0.25) is 0 Å².